The molecule has 6 aliphatic rings. The van der Waals surface area contributed by atoms with Crippen LogP contribution in [0.1, 0.15) is 46.0 Å². The van der Waals surface area contributed by atoms with Crippen molar-refractivity contribution < 1.29 is 9.15 Å². The molecule has 0 amide bonds. The van der Waals surface area contributed by atoms with Crippen LogP contribution in [0.25, 0.3) is 16.7 Å². The zero-order chi connectivity index (χ0) is 26.3. The highest BCUT2D eigenvalue weighted by atomic mass is 15.6. The number of hydrogen-bond acceptors (Lipinski definition) is 0. The van der Waals surface area contributed by atoms with Crippen molar-refractivity contribution in [2.24, 2.45) is 0 Å². The Morgan fingerprint density at radius 1 is 0.632 bits per heavy atom. The number of terminal acetylenes is 1. The Kier molecular flexibility index (Phi) is 4.32. The third-order valence-electron chi connectivity index (χ3n) is 8.24. The summed E-state index contributed by atoms with van der Waals surface area (Å²) in [4.78, 5) is 0. The van der Waals surface area contributed by atoms with E-state index in [0.29, 0.717) is 0 Å². The molecule has 2 aromatic heterocycles. The predicted molar refractivity (Wildman–Crippen MR) is 151 cm³/mol. The van der Waals surface area contributed by atoms with Crippen molar-refractivity contribution in [3.63, 3.8) is 0 Å². The Morgan fingerprint density at radius 2 is 1.18 bits per heavy atom. The molecule has 8 rings (SSSR count). The van der Waals surface area contributed by atoms with E-state index in [1.54, 1.807) is 6.92 Å². The van der Waals surface area contributed by atoms with Gasteiger partial charge in [0.05, 0.1) is 27.7 Å². The van der Waals surface area contributed by atoms with Gasteiger partial charge < -0.3 is 0 Å². The number of hydrogen-bond donors (Lipinski definition) is 0. The van der Waals surface area contributed by atoms with Crippen molar-refractivity contribution in [1.29, 1.82) is 0 Å². The van der Waals surface area contributed by atoms with E-state index in [1.165, 1.54) is 67.2 Å². The largest absolute Gasteiger partial charge is 0.553 e. The first-order chi connectivity index (χ1) is 18.5. The fourth-order valence-electron chi connectivity index (χ4n) is 6.70. The summed E-state index contributed by atoms with van der Waals surface area (Å²) in [6, 6.07) is 9.24. The van der Waals surface area contributed by atoms with Crippen LogP contribution < -0.4 is 10.7 Å². The number of nitrogens with zero attached hydrogens (tertiary/aromatic N) is 4. The van der Waals surface area contributed by atoms with Gasteiger partial charge in [-0.3, -0.25) is 0 Å². The molecule has 0 aliphatic carbocycles. The quantitative estimate of drug-likeness (QED) is 0.401. The first kappa shape index (κ1) is 22.1. The van der Waals surface area contributed by atoms with Crippen molar-refractivity contribution >= 4 is 28.1 Å². The maximum absolute atomic E-state index is 4.82. The Bertz CT molecular complexity index is 2130. The molecular weight excluding hydrogens is 464 g/mol. The van der Waals surface area contributed by atoms with Gasteiger partial charge in [-0.05, 0) is 100.0 Å². The molecular formula is C34H24N4+2. The van der Waals surface area contributed by atoms with Crippen LogP contribution in [0.3, 0.4) is 0 Å². The SMILES string of the molecule is C#CC#CC#CC#CC.CC1=C2C=CC3=[N+]2C24n5c(ccc5C(C)=c5ccc(n52)=C3C)C(C)=C2C=CC1=[N+]24. The minimum Gasteiger partial charge on any atom is -0.199 e. The predicted octanol–water partition coefficient (Wildman–Crippen LogP) is 2.85. The highest BCUT2D eigenvalue weighted by molar-refractivity contribution is 6.23. The van der Waals surface area contributed by atoms with E-state index in [9.17, 15) is 0 Å². The highest BCUT2D eigenvalue weighted by Gasteiger charge is 2.71. The van der Waals surface area contributed by atoms with Crippen LogP contribution >= 0.6 is 0 Å². The molecule has 0 aromatic carbocycles. The summed E-state index contributed by atoms with van der Waals surface area (Å²) in [5.41, 5.74) is 13.2. The van der Waals surface area contributed by atoms with Gasteiger partial charge in [0.25, 0.3) is 0 Å². The van der Waals surface area contributed by atoms with Crippen LogP contribution in [0, 0.1) is 47.9 Å². The van der Waals surface area contributed by atoms with Crippen LogP contribution in [0.2, 0.25) is 0 Å². The lowest BCUT2D eigenvalue weighted by Gasteiger charge is -2.40. The fourth-order valence-corrected chi connectivity index (χ4v) is 6.70. The molecule has 38 heavy (non-hydrogen) atoms. The molecule has 0 saturated carbocycles. The third-order valence-corrected chi connectivity index (χ3v) is 8.24. The molecule has 1 unspecified atom stereocenters. The van der Waals surface area contributed by atoms with Crippen molar-refractivity contribution in [3.05, 3.63) is 87.6 Å². The van der Waals surface area contributed by atoms with Crippen LogP contribution in [0.4, 0.5) is 0 Å². The molecule has 0 radical (unpaired) electrons. The van der Waals surface area contributed by atoms with Crippen LogP contribution in [0.15, 0.2) is 65.5 Å². The van der Waals surface area contributed by atoms with Crippen molar-refractivity contribution in [2.75, 3.05) is 0 Å². The third kappa shape index (κ3) is 2.32. The molecule has 2 aromatic rings. The molecule has 0 N–H and O–H groups in total. The lowest BCUT2D eigenvalue weighted by molar-refractivity contribution is -0.837. The Balaban J connectivity index is 0.000000235. The molecule has 4 nitrogen and oxygen atoms in total. The van der Waals surface area contributed by atoms with E-state index < -0.39 is 5.91 Å². The Morgan fingerprint density at radius 3 is 1.84 bits per heavy atom. The molecule has 4 heteroatoms. The maximum Gasteiger partial charge on any atom is 0.553 e. The lowest BCUT2D eigenvalue weighted by Crippen LogP contribution is -2.70. The molecule has 6 aliphatic heterocycles. The van der Waals surface area contributed by atoms with Gasteiger partial charge in [-0.15, -0.1) is 6.42 Å². The van der Waals surface area contributed by atoms with Crippen molar-refractivity contribution in [1.82, 2.24) is 9.13 Å². The summed E-state index contributed by atoms with van der Waals surface area (Å²) in [6.45, 7) is 10.8. The maximum atomic E-state index is 4.82. The summed E-state index contributed by atoms with van der Waals surface area (Å²) in [6.07, 6.45) is 14.1. The monoisotopic (exact) mass is 488 g/mol. The van der Waals surface area contributed by atoms with E-state index >= 15 is 0 Å². The molecule has 178 valence electrons. The normalized spacial score (nSPS) is 21.1. The van der Waals surface area contributed by atoms with Gasteiger partial charge in [-0.25, -0.2) is 0 Å². The molecule has 0 fully saturated rings. The summed E-state index contributed by atoms with van der Waals surface area (Å²) in [5, 5.41) is 2.62. The van der Waals surface area contributed by atoms with E-state index in [4.69, 9.17) is 6.42 Å². The van der Waals surface area contributed by atoms with Gasteiger partial charge in [0.2, 0.25) is 22.8 Å². The van der Waals surface area contributed by atoms with E-state index in [2.05, 4.69) is 136 Å². The minimum absolute atomic E-state index is 0.470. The number of rotatable bonds is 0. The number of aromatic nitrogens is 2. The average molecular weight is 489 g/mol. The van der Waals surface area contributed by atoms with Gasteiger partial charge in [0, 0.05) is 35.5 Å². The first-order valence-corrected chi connectivity index (χ1v) is 12.6. The van der Waals surface area contributed by atoms with Crippen LogP contribution in [0.5, 0.6) is 0 Å². The molecule has 1 spiro atoms. The Hall–Kier alpha value is -5.16. The van der Waals surface area contributed by atoms with Gasteiger partial charge in [0.15, 0.2) is 0 Å². The standard InChI is InChI=1S/C25H20N4.C9H4/c1-13-17-5-7-19-14(2)21-9-11-23-16(4)24-12-10-22-15(3)20-8-6-18(13)27(20)25(26(17)19,28(21)23)29(22)24;1-3-5-7-9-8-6-4-2/h5-12H,1-4H3;1H,2H3/q+2;. The lowest BCUT2D eigenvalue weighted by atomic mass is 10.0. The molecule has 0 bridgehead atoms. The Labute approximate surface area is 222 Å². The van der Waals surface area contributed by atoms with Gasteiger partial charge in [-0.1, -0.05) is 15.1 Å². The molecule has 0 saturated heterocycles. The number of allylic oxidation sites excluding steroid dienone is 6. The van der Waals surface area contributed by atoms with Gasteiger partial charge in [-0.2, -0.15) is 9.13 Å². The summed E-state index contributed by atoms with van der Waals surface area (Å²) < 4.78 is 10.3. The van der Waals surface area contributed by atoms with E-state index in [1.807, 2.05) is 0 Å². The van der Waals surface area contributed by atoms with Crippen molar-refractivity contribution in [3.8, 4) is 47.9 Å². The zero-order valence-corrected chi connectivity index (χ0v) is 22.0. The fraction of sp³-hybridized carbons (Fsp3) is 0.176. The second-order valence-corrected chi connectivity index (χ2v) is 9.88. The van der Waals surface area contributed by atoms with E-state index in [0.717, 1.165) is 0 Å². The topological polar surface area (TPSA) is 15.9 Å². The van der Waals surface area contributed by atoms with Gasteiger partial charge >= 0.3 is 5.91 Å². The summed E-state index contributed by atoms with van der Waals surface area (Å²) in [5.74, 6) is 16.5. The minimum atomic E-state index is -0.470. The average Bonchev–Trinajstić information content (AvgIpc) is 3.72. The summed E-state index contributed by atoms with van der Waals surface area (Å²) in [7, 11) is 0. The summed E-state index contributed by atoms with van der Waals surface area (Å²) >= 11 is 0. The van der Waals surface area contributed by atoms with Gasteiger partial charge in [0.1, 0.15) is 0 Å². The molecule has 1 atom stereocenters. The first-order valence-electron chi connectivity index (χ1n) is 12.6. The van der Waals surface area contributed by atoms with Crippen molar-refractivity contribution in [2.45, 2.75) is 40.5 Å². The second-order valence-electron chi connectivity index (χ2n) is 9.88. The van der Waals surface area contributed by atoms with Crippen LogP contribution in [-0.2, 0) is 5.91 Å². The van der Waals surface area contributed by atoms with Crippen LogP contribution in [-0.4, -0.2) is 29.7 Å². The highest BCUT2D eigenvalue weighted by Crippen LogP contribution is 2.48. The smallest absolute Gasteiger partial charge is 0.199 e. The zero-order valence-electron chi connectivity index (χ0n) is 22.0. The molecule has 8 heterocycles. The van der Waals surface area contributed by atoms with E-state index in [-0.39, 0.29) is 0 Å². The second kappa shape index (κ2) is 7.43.